The third-order valence-electron chi connectivity index (χ3n) is 3.22. The summed E-state index contributed by atoms with van der Waals surface area (Å²) in [7, 11) is 0. The Hall–Kier alpha value is -1.42. The molecule has 2 unspecified atom stereocenters. The van der Waals surface area contributed by atoms with Crippen molar-refractivity contribution in [3.05, 3.63) is 29.6 Å². The van der Waals surface area contributed by atoms with Crippen LogP contribution in [0.2, 0.25) is 0 Å². The van der Waals surface area contributed by atoms with E-state index in [4.69, 9.17) is 0 Å². The molecule has 0 spiro atoms. The molecule has 1 aliphatic heterocycles. The lowest BCUT2D eigenvalue weighted by molar-refractivity contribution is 0.0919. The monoisotopic (exact) mass is 233 g/mol. The van der Waals surface area contributed by atoms with E-state index in [1.807, 2.05) is 13.0 Å². The van der Waals surface area contributed by atoms with Crippen LogP contribution in [0.4, 0.5) is 0 Å². The summed E-state index contributed by atoms with van der Waals surface area (Å²) < 4.78 is 0. The van der Waals surface area contributed by atoms with E-state index < -0.39 is 0 Å². The molecule has 92 valence electrons. The van der Waals surface area contributed by atoms with E-state index in [2.05, 4.69) is 22.5 Å². The van der Waals surface area contributed by atoms with Gasteiger partial charge in [-0.2, -0.15) is 0 Å². The summed E-state index contributed by atoms with van der Waals surface area (Å²) >= 11 is 0. The zero-order valence-corrected chi connectivity index (χ0v) is 10.4. The first-order valence-electron chi connectivity index (χ1n) is 6.13. The van der Waals surface area contributed by atoms with Gasteiger partial charge < -0.3 is 10.6 Å². The topological polar surface area (TPSA) is 54.0 Å². The van der Waals surface area contributed by atoms with Crippen molar-refractivity contribution in [3.63, 3.8) is 0 Å². The van der Waals surface area contributed by atoms with Gasteiger partial charge in [-0.1, -0.05) is 0 Å². The maximum Gasteiger partial charge on any atom is 0.253 e. The molecule has 0 saturated carbocycles. The van der Waals surface area contributed by atoms with E-state index in [0.29, 0.717) is 11.6 Å². The zero-order valence-electron chi connectivity index (χ0n) is 10.4. The van der Waals surface area contributed by atoms with Crippen molar-refractivity contribution in [1.82, 2.24) is 15.6 Å². The Balaban J connectivity index is 2.01. The molecule has 1 fully saturated rings. The highest BCUT2D eigenvalue weighted by Gasteiger charge is 2.22. The summed E-state index contributed by atoms with van der Waals surface area (Å²) in [4.78, 5) is 16.1. The average molecular weight is 233 g/mol. The molecule has 0 radical (unpaired) electrons. The second kappa shape index (κ2) is 5.27. The van der Waals surface area contributed by atoms with E-state index in [-0.39, 0.29) is 11.9 Å². The SMILES string of the molecule is Cc1cncc(C(=O)NC2CCCNC2C)c1. The maximum absolute atomic E-state index is 12.0. The molecule has 4 heteroatoms. The Kier molecular flexibility index (Phi) is 3.74. The quantitative estimate of drug-likeness (QED) is 0.808. The molecule has 2 N–H and O–H groups in total. The van der Waals surface area contributed by atoms with Crippen molar-refractivity contribution in [1.29, 1.82) is 0 Å². The normalized spacial score (nSPS) is 24.4. The minimum Gasteiger partial charge on any atom is -0.348 e. The highest BCUT2D eigenvalue weighted by molar-refractivity contribution is 5.94. The first-order chi connectivity index (χ1) is 8.16. The molecule has 1 aromatic rings. The fraction of sp³-hybridized carbons (Fsp3) is 0.538. The van der Waals surface area contributed by atoms with Crippen LogP contribution in [0.3, 0.4) is 0 Å². The molecule has 4 nitrogen and oxygen atoms in total. The number of pyridine rings is 1. The van der Waals surface area contributed by atoms with Gasteiger partial charge in [0.1, 0.15) is 0 Å². The number of hydrogen-bond acceptors (Lipinski definition) is 3. The molecule has 1 aliphatic rings. The number of aromatic nitrogens is 1. The average Bonchev–Trinajstić information content (AvgIpc) is 2.32. The van der Waals surface area contributed by atoms with Gasteiger partial charge in [0.25, 0.3) is 5.91 Å². The molecular formula is C13H19N3O. The summed E-state index contributed by atoms with van der Waals surface area (Å²) in [6.07, 6.45) is 5.52. The lowest BCUT2D eigenvalue weighted by atomic mass is 9.99. The van der Waals surface area contributed by atoms with Gasteiger partial charge in [-0.05, 0) is 44.9 Å². The Morgan fingerprint density at radius 1 is 1.53 bits per heavy atom. The molecular weight excluding hydrogens is 214 g/mol. The van der Waals surface area contributed by atoms with E-state index in [1.54, 1.807) is 12.4 Å². The number of piperidine rings is 1. The van der Waals surface area contributed by atoms with Crippen LogP contribution in [-0.4, -0.2) is 29.5 Å². The van der Waals surface area contributed by atoms with Gasteiger partial charge in [-0.15, -0.1) is 0 Å². The molecule has 2 heterocycles. The summed E-state index contributed by atoms with van der Waals surface area (Å²) in [5, 5.41) is 6.44. The number of amides is 1. The molecule has 1 aromatic heterocycles. The Morgan fingerprint density at radius 2 is 2.35 bits per heavy atom. The third-order valence-corrected chi connectivity index (χ3v) is 3.22. The lowest BCUT2D eigenvalue weighted by Crippen LogP contribution is -2.51. The fourth-order valence-electron chi connectivity index (χ4n) is 2.17. The van der Waals surface area contributed by atoms with E-state index in [1.165, 1.54) is 0 Å². The second-order valence-electron chi connectivity index (χ2n) is 4.72. The summed E-state index contributed by atoms with van der Waals surface area (Å²) in [6, 6.07) is 2.42. The Labute approximate surface area is 102 Å². The second-order valence-corrected chi connectivity index (χ2v) is 4.72. The molecule has 0 bridgehead atoms. The summed E-state index contributed by atoms with van der Waals surface area (Å²) in [6.45, 7) is 5.09. The van der Waals surface area contributed by atoms with Crippen molar-refractivity contribution in [2.75, 3.05) is 6.54 Å². The van der Waals surface area contributed by atoms with Gasteiger partial charge in [0.15, 0.2) is 0 Å². The number of carbonyl (C=O) groups is 1. The largest absolute Gasteiger partial charge is 0.348 e. The molecule has 1 saturated heterocycles. The molecule has 1 amide bonds. The maximum atomic E-state index is 12.0. The van der Waals surface area contributed by atoms with Crippen molar-refractivity contribution in [2.45, 2.75) is 38.8 Å². The molecule has 0 aromatic carbocycles. The fourth-order valence-corrected chi connectivity index (χ4v) is 2.17. The van der Waals surface area contributed by atoms with Crippen LogP contribution in [0.15, 0.2) is 18.5 Å². The van der Waals surface area contributed by atoms with Gasteiger partial charge in [-0.25, -0.2) is 0 Å². The van der Waals surface area contributed by atoms with Gasteiger partial charge >= 0.3 is 0 Å². The molecule has 2 rings (SSSR count). The van der Waals surface area contributed by atoms with Crippen LogP contribution in [0, 0.1) is 6.92 Å². The third kappa shape index (κ3) is 3.03. The molecule has 0 aliphatic carbocycles. The summed E-state index contributed by atoms with van der Waals surface area (Å²) in [5.41, 5.74) is 1.65. The molecule has 17 heavy (non-hydrogen) atoms. The van der Waals surface area contributed by atoms with E-state index >= 15 is 0 Å². The number of nitrogens with one attached hydrogen (secondary N) is 2. The predicted molar refractivity (Wildman–Crippen MR) is 66.9 cm³/mol. The van der Waals surface area contributed by atoms with Crippen molar-refractivity contribution in [3.8, 4) is 0 Å². The van der Waals surface area contributed by atoms with Gasteiger partial charge in [0.2, 0.25) is 0 Å². The number of hydrogen-bond donors (Lipinski definition) is 2. The summed E-state index contributed by atoms with van der Waals surface area (Å²) in [5.74, 6) is -0.0262. The smallest absolute Gasteiger partial charge is 0.253 e. The van der Waals surface area contributed by atoms with Crippen LogP contribution in [0.5, 0.6) is 0 Å². The van der Waals surface area contributed by atoms with Crippen LogP contribution >= 0.6 is 0 Å². The zero-order chi connectivity index (χ0) is 12.3. The Bertz CT molecular complexity index is 405. The predicted octanol–water partition coefficient (Wildman–Crippen LogP) is 1.26. The number of carbonyl (C=O) groups excluding carboxylic acids is 1. The minimum absolute atomic E-state index is 0.0262. The molecule has 2 atom stereocenters. The highest BCUT2D eigenvalue weighted by Crippen LogP contribution is 2.09. The number of aryl methyl sites for hydroxylation is 1. The van der Waals surface area contributed by atoms with Crippen LogP contribution in [0.1, 0.15) is 35.7 Å². The number of nitrogens with zero attached hydrogens (tertiary/aromatic N) is 1. The van der Waals surface area contributed by atoms with Gasteiger partial charge in [-0.3, -0.25) is 9.78 Å². The van der Waals surface area contributed by atoms with Crippen LogP contribution in [0.25, 0.3) is 0 Å². The van der Waals surface area contributed by atoms with E-state index in [9.17, 15) is 4.79 Å². The van der Waals surface area contributed by atoms with Crippen molar-refractivity contribution >= 4 is 5.91 Å². The van der Waals surface area contributed by atoms with Crippen molar-refractivity contribution in [2.24, 2.45) is 0 Å². The van der Waals surface area contributed by atoms with Crippen molar-refractivity contribution < 1.29 is 4.79 Å². The van der Waals surface area contributed by atoms with E-state index in [0.717, 1.165) is 24.9 Å². The highest BCUT2D eigenvalue weighted by atomic mass is 16.1. The lowest BCUT2D eigenvalue weighted by Gasteiger charge is -2.30. The van der Waals surface area contributed by atoms with Gasteiger partial charge in [0.05, 0.1) is 5.56 Å². The minimum atomic E-state index is -0.0262. The number of rotatable bonds is 2. The van der Waals surface area contributed by atoms with Crippen LogP contribution in [-0.2, 0) is 0 Å². The first-order valence-corrected chi connectivity index (χ1v) is 6.13. The first kappa shape index (κ1) is 12.0. The van der Waals surface area contributed by atoms with Crippen LogP contribution < -0.4 is 10.6 Å². The van der Waals surface area contributed by atoms with Gasteiger partial charge in [0, 0.05) is 24.5 Å². The standard InChI is InChI=1S/C13H19N3O/c1-9-6-11(8-14-7-9)13(17)16-12-4-3-5-15-10(12)2/h6-8,10,12,15H,3-5H2,1-2H3,(H,16,17). The Morgan fingerprint density at radius 3 is 3.06 bits per heavy atom.